The summed E-state index contributed by atoms with van der Waals surface area (Å²) in [5.41, 5.74) is 0.338. The van der Waals surface area contributed by atoms with Gasteiger partial charge in [0, 0.05) is 12.1 Å². The third-order valence-corrected chi connectivity index (χ3v) is 3.37. The second-order valence-corrected chi connectivity index (χ2v) is 5.37. The van der Waals surface area contributed by atoms with Crippen LogP contribution in [0.2, 0.25) is 0 Å². The Labute approximate surface area is 148 Å². The number of hydrogen-bond donors (Lipinski definition) is 2. The molecule has 0 saturated carbocycles. The molecule has 0 saturated heterocycles. The van der Waals surface area contributed by atoms with E-state index in [1.165, 1.54) is 24.3 Å². The summed E-state index contributed by atoms with van der Waals surface area (Å²) in [5.74, 6) is 4.85. The average Bonchev–Trinajstić information content (AvgIpc) is 2.60. The van der Waals surface area contributed by atoms with Gasteiger partial charge in [-0.3, -0.25) is 0 Å². The molecule has 2 aromatic rings. The normalized spacial score (nSPS) is 10.6. The molecule has 7 heteroatoms. The summed E-state index contributed by atoms with van der Waals surface area (Å²) in [6.07, 6.45) is -3.87. The summed E-state index contributed by atoms with van der Waals surface area (Å²) < 4.78 is 50.5. The van der Waals surface area contributed by atoms with Gasteiger partial charge in [0.05, 0.1) is 12.1 Å². The molecule has 0 radical (unpaired) electrons. The summed E-state index contributed by atoms with van der Waals surface area (Å²) in [7, 11) is 0. The first-order valence-corrected chi connectivity index (χ1v) is 7.77. The number of carbonyl (C=O) groups excluding carboxylic acids is 1. The maximum absolute atomic E-state index is 12.8. The van der Waals surface area contributed by atoms with Gasteiger partial charge in [0.2, 0.25) is 0 Å². The molecule has 0 aliphatic rings. The van der Waals surface area contributed by atoms with Crippen molar-refractivity contribution < 1.29 is 22.4 Å². The number of halogens is 4. The van der Waals surface area contributed by atoms with Crippen molar-refractivity contribution in [1.29, 1.82) is 0 Å². The Kier molecular flexibility index (Phi) is 6.61. The first kappa shape index (κ1) is 19.3. The number of benzene rings is 2. The molecule has 136 valence electrons. The van der Waals surface area contributed by atoms with Crippen LogP contribution in [0.3, 0.4) is 0 Å². The van der Waals surface area contributed by atoms with Gasteiger partial charge in [0.15, 0.2) is 0 Å². The molecule has 2 rings (SSSR count). The zero-order valence-corrected chi connectivity index (χ0v) is 13.7. The molecule has 26 heavy (non-hydrogen) atoms. The molecule has 0 aliphatic heterocycles. The quantitative estimate of drug-likeness (QED) is 0.630. The van der Waals surface area contributed by atoms with Gasteiger partial charge in [-0.1, -0.05) is 30.0 Å². The summed E-state index contributed by atoms with van der Waals surface area (Å²) in [6.45, 7) is 0.358. The third-order valence-electron chi connectivity index (χ3n) is 3.37. The minimum Gasteiger partial charge on any atom is -0.338 e. The molecular weight excluding hydrogens is 348 g/mol. The number of amides is 2. The maximum Gasteiger partial charge on any atom is 0.416 e. The molecule has 0 spiro atoms. The Morgan fingerprint density at radius 3 is 2.46 bits per heavy atom. The van der Waals surface area contributed by atoms with Crippen molar-refractivity contribution in [2.45, 2.75) is 12.6 Å². The Hall–Kier alpha value is -3.01. The summed E-state index contributed by atoms with van der Waals surface area (Å²) in [5, 5.41) is 5.10. The fraction of sp³-hybridized carbons (Fsp3) is 0.211. The Balaban J connectivity index is 1.73. The topological polar surface area (TPSA) is 41.1 Å². The van der Waals surface area contributed by atoms with Crippen LogP contribution < -0.4 is 10.6 Å². The van der Waals surface area contributed by atoms with E-state index in [0.29, 0.717) is 13.0 Å². The number of alkyl halides is 3. The predicted molar refractivity (Wildman–Crippen MR) is 89.8 cm³/mol. The third kappa shape index (κ3) is 6.48. The van der Waals surface area contributed by atoms with E-state index in [0.717, 1.165) is 17.7 Å². The molecule has 0 atom stereocenters. The lowest BCUT2D eigenvalue weighted by Gasteiger charge is -2.06. The van der Waals surface area contributed by atoms with Gasteiger partial charge in [-0.05, 0) is 42.3 Å². The molecule has 0 heterocycles. The Morgan fingerprint density at radius 1 is 1.04 bits per heavy atom. The Bertz CT molecular complexity index is 805. The van der Waals surface area contributed by atoms with Gasteiger partial charge < -0.3 is 10.6 Å². The summed E-state index contributed by atoms with van der Waals surface area (Å²) >= 11 is 0. The second-order valence-electron chi connectivity index (χ2n) is 5.37. The van der Waals surface area contributed by atoms with Gasteiger partial charge in [-0.2, -0.15) is 13.2 Å². The molecule has 0 aliphatic carbocycles. The van der Waals surface area contributed by atoms with Crippen LogP contribution >= 0.6 is 0 Å². The van der Waals surface area contributed by atoms with Crippen LogP contribution in [-0.4, -0.2) is 19.1 Å². The molecule has 2 amide bonds. The van der Waals surface area contributed by atoms with Crippen molar-refractivity contribution in [2.75, 3.05) is 13.1 Å². The number of nitrogens with one attached hydrogen (secondary N) is 2. The lowest BCUT2D eigenvalue weighted by Crippen LogP contribution is -2.36. The zero-order chi connectivity index (χ0) is 19.0. The molecule has 0 aromatic heterocycles. The van der Waals surface area contributed by atoms with Gasteiger partial charge in [-0.25, -0.2) is 9.18 Å². The van der Waals surface area contributed by atoms with Crippen molar-refractivity contribution in [3.63, 3.8) is 0 Å². The molecule has 0 fully saturated rings. The minimum absolute atomic E-state index is 0.00136. The van der Waals surface area contributed by atoms with E-state index in [2.05, 4.69) is 22.5 Å². The van der Waals surface area contributed by atoms with Gasteiger partial charge >= 0.3 is 12.2 Å². The van der Waals surface area contributed by atoms with E-state index in [9.17, 15) is 22.4 Å². The van der Waals surface area contributed by atoms with Crippen LogP contribution in [0.15, 0.2) is 48.5 Å². The van der Waals surface area contributed by atoms with Crippen molar-refractivity contribution in [1.82, 2.24) is 10.6 Å². The lowest BCUT2D eigenvalue weighted by atomic mass is 10.1. The first-order chi connectivity index (χ1) is 12.3. The zero-order valence-electron chi connectivity index (χ0n) is 13.7. The first-order valence-electron chi connectivity index (χ1n) is 7.77. The van der Waals surface area contributed by atoms with Gasteiger partial charge in [0.25, 0.3) is 0 Å². The maximum atomic E-state index is 12.8. The molecular formula is C19H16F4N2O. The molecule has 0 unspecified atom stereocenters. The monoisotopic (exact) mass is 364 g/mol. The van der Waals surface area contributed by atoms with Crippen LogP contribution in [0.5, 0.6) is 0 Å². The number of rotatable bonds is 4. The number of carbonyl (C=O) groups is 1. The average molecular weight is 364 g/mol. The minimum atomic E-state index is -4.42. The van der Waals surface area contributed by atoms with Crippen molar-refractivity contribution in [3.8, 4) is 11.8 Å². The summed E-state index contributed by atoms with van der Waals surface area (Å²) in [6, 6.07) is 10.2. The van der Waals surface area contributed by atoms with E-state index >= 15 is 0 Å². The smallest absolute Gasteiger partial charge is 0.338 e. The molecule has 0 bridgehead atoms. The van der Waals surface area contributed by atoms with Crippen molar-refractivity contribution in [2.24, 2.45) is 0 Å². The standard InChI is InChI=1S/C19H16F4N2O/c20-17-8-6-14(7-9-17)10-12-25-18(26)24-11-2-4-15-3-1-5-16(13-15)19(21,22)23/h1,3,5-9,13H,10-12H2,(H2,24,25,26). The Morgan fingerprint density at radius 2 is 1.77 bits per heavy atom. The van der Waals surface area contributed by atoms with Crippen LogP contribution in [0, 0.1) is 17.7 Å². The van der Waals surface area contributed by atoms with E-state index in [1.807, 2.05) is 0 Å². The van der Waals surface area contributed by atoms with E-state index in [-0.39, 0.29) is 17.9 Å². The van der Waals surface area contributed by atoms with E-state index in [1.54, 1.807) is 12.1 Å². The highest BCUT2D eigenvalue weighted by Gasteiger charge is 2.30. The number of urea groups is 1. The van der Waals surface area contributed by atoms with Gasteiger partial charge in [-0.15, -0.1) is 0 Å². The second kappa shape index (κ2) is 8.90. The van der Waals surface area contributed by atoms with Crippen molar-refractivity contribution in [3.05, 3.63) is 71.0 Å². The highest BCUT2D eigenvalue weighted by Crippen LogP contribution is 2.29. The van der Waals surface area contributed by atoms with Crippen molar-refractivity contribution >= 4 is 6.03 Å². The van der Waals surface area contributed by atoms with Crippen LogP contribution in [0.4, 0.5) is 22.4 Å². The fourth-order valence-electron chi connectivity index (χ4n) is 2.08. The highest BCUT2D eigenvalue weighted by molar-refractivity contribution is 5.74. The predicted octanol–water partition coefficient (Wildman–Crippen LogP) is 3.74. The largest absolute Gasteiger partial charge is 0.416 e. The molecule has 3 nitrogen and oxygen atoms in total. The molecule has 2 N–H and O–H groups in total. The van der Waals surface area contributed by atoms with Crippen LogP contribution in [-0.2, 0) is 12.6 Å². The van der Waals surface area contributed by atoms with E-state index in [4.69, 9.17) is 0 Å². The van der Waals surface area contributed by atoms with E-state index < -0.39 is 17.8 Å². The number of hydrogen-bond acceptors (Lipinski definition) is 1. The molecule has 2 aromatic carbocycles. The fourth-order valence-corrected chi connectivity index (χ4v) is 2.08. The summed E-state index contributed by atoms with van der Waals surface area (Å²) in [4.78, 5) is 11.6. The lowest BCUT2D eigenvalue weighted by molar-refractivity contribution is -0.137. The SMILES string of the molecule is O=C(NCC#Cc1cccc(C(F)(F)F)c1)NCCc1ccc(F)cc1. The van der Waals surface area contributed by atoms with Crippen LogP contribution in [0.1, 0.15) is 16.7 Å². The van der Waals surface area contributed by atoms with Gasteiger partial charge in [0.1, 0.15) is 5.82 Å². The van der Waals surface area contributed by atoms with Crippen LogP contribution in [0.25, 0.3) is 0 Å². The highest BCUT2D eigenvalue weighted by atomic mass is 19.4.